The van der Waals surface area contributed by atoms with Gasteiger partial charge in [0.25, 0.3) is 0 Å². The summed E-state index contributed by atoms with van der Waals surface area (Å²) in [4.78, 5) is 22.0. The van der Waals surface area contributed by atoms with Crippen LogP contribution in [0, 0.1) is 0 Å². The van der Waals surface area contributed by atoms with Crippen LogP contribution in [0.25, 0.3) is 0 Å². The Morgan fingerprint density at radius 3 is 2.74 bits per heavy atom. The normalized spacial score (nSPS) is 17.4. The molecule has 0 saturated carbocycles. The molecule has 1 N–H and O–H groups in total. The summed E-state index contributed by atoms with van der Waals surface area (Å²) in [5.41, 5.74) is 3.15. The highest BCUT2D eigenvalue weighted by Crippen LogP contribution is 2.36. The smallest absolute Gasteiger partial charge is 0.224 e. The van der Waals surface area contributed by atoms with Crippen molar-refractivity contribution in [2.75, 3.05) is 50.6 Å². The van der Waals surface area contributed by atoms with E-state index in [2.05, 4.69) is 39.3 Å². The van der Waals surface area contributed by atoms with Crippen molar-refractivity contribution in [3.63, 3.8) is 0 Å². The number of hydrogen-bond acceptors (Lipinski definition) is 6. The number of amides is 1. The summed E-state index contributed by atoms with van der Waals surface area (Å²) < 4.78 is 5.64. The first-order valence-corrected chi connectivity index (χ1v) is 10.0. The Labute approximate surface area is 163 Å². The Morgan fingerprint density at radius 1 is 1.15 bits per heavy atom. The number of ether oxygens (including phenoxy) is 1. The molecule has 0 bridgehead atoms. The van der Waals surface area contributed by atoms with Gasteiger partial charge >= 0.3 is 0 Å². The molecule has 7 heteroatoms. The lowest BCUT2D eigenvalue weighted by molar-refractivity contribution is -0.116. The van der Waals surface area contributed by atoms with Crippen LogP contribution >= 0.6 is 11.8 Å². The van der Waals surface area contributed by atoms with Crippen LogP contribution in [0.15, 0.2) is 40.4 Å². The lowest BCUT2D eigenvalue weighted by Crippen LogP contribution is -2.44. The van der Waals surface area contributed by atoms with E-state index in [0.29, 0.717) is 6.42 Å². The number of hydrogen-bond donors (Lipinski definition) is 1. The van der Waals surface area contributed by atoms with Gasteiger partial charge in [0.05, 0.1) is 19.0 Å². The number of fused-ring (bicyclic) bond motifs is 1. The molecular weight excluding hydrogens is 360 g/mol. The van der Waals surface area contributed by atoms with Crippen LogP contribution in [0.3, 0.4) is 0 Å². The predicted molar refractivity (Wildman–Crippen MR) is 108 cm³/mol. The van der Waals surface area contributed by atoms with Crippen LogP contribution in [0.5, 0.6) is 5.75 Å². The third-order valence-electron chi connectivity index (χ3n) is 5.08. The molecule has 1 saturated heterocycles. The average Bonchev–Trinajstić information content (AvgIpc) is 2.68. The SMILES string of the molecule is COc1cc(Sc2ccc3c(c2)NC(=O)CC3)ncc1N1CCN(C)CC1. The molecule has 6 nitrogen and oxygen atoms in total. The van der Waals surface area contributed by atoms with E-state index < -0.39 is 0 Å². The van der Waals surface area contributed by atoms with Crippen LogP contribution < -0.4 is 15.0 Å². The Balaban J connectivity index is 1.53. The molecule has 2 aliphatic rings. The highest BCUT2D eigenvalue weighted by molar-refractivity contribution is 7.99. The van der Waals surface area contributed by atoms with Gasteiger partial charge in [0.15, 0.2) is 0 Å². The van der Waals surface area contributed by atoms with Crippen molar-refractivity contribution in [2.45, 2.75) is 22.8 Å². The number of nitrogens with zero attached hydrogens (tertiary/aromatic N) is 3. The number of rotatable bonds is 4. The number of nitrogens with one attached hydrogen (secondary N) is 1. The van der Waals surface area contributed by atoms with Gasteiger partial charge in [-0.3, -0.25) is 4.79 Å². The van der Waals surface area contributed by atoms with Crippen molar-refractivity contribution >= 4 is 29.0 Å². The quantitative estimate of drug-likeness (QED) is 0.875. The summed E-state index contributed by atoms with van der Waals surface area (Å²) in [6.07, 6.45) is 3.27. The van der Waals surface area contributed by atoms with E-state index in [0.717, 1.165) is 59.6 Å². The minimum Gasteiger partial charge on any atom is -0.494 e. The lowest BCUT2D eigenvalue weighted by Gasteiger charge is -2.34. The molecule has 1 amide bonds. The number of likely N-dealkylation sites (N-methyl/N-ethyl adjacent to an activating group) is 1. The molecule has 1 aromatic heterocycles. The minimum absolute atomic E-state index is 0.0842. The molecule has 0 aliphatic carbocycles. The molecule has 2 aromatic rings. The largest absolute Gasteiger partial charge is 0.494 e. The van der Waals surface area contributed by atoms with Crippen molar-refractivity contribution in [3.8, 4) is 5.75 Å². The molecule has 3 heterocycles. The lowest BCUT2D eigenvalue weighted by atomic mass is 10.0. The first-order valence-electron chi connectivity index (χ1n) is 9.20. The molecular formula is C20H24N4O2S. The molecule has 4 rings (SSSR count). The maximum atomic E-state index is 11.6. The summed E-state index contributed by atoms with van der Waals surface area (Å²) in [6, 6.07) is 8.20. The van der Waals surface area contributed by atoms with Gasteiger partial charge in [0, 0.05) is 49.2 Å². The van der Waals surface area contributed by atoms with E-state index in [9.17, 15) is 4.79 Å². The van der Waals surface area contributed by atoms with E-state index in [1.807, 2.05) is 18.3 Å². The number of aryl methyl sites for hydroxylation is 1. The van der Waals surface area contributed by atoms with Crippen molar-refractivity contribution < 1.29 is 9.53 Å². The first kappa shape index (κ1) is 18.1. The fraction of sp³-hybridized carbons (Fsp3) is 0.400. The molecule has 2 aliphatic heterocycles. The number of anilines is 2. The minimum atomic E-state index is 0.0842. The van der Waals surface area contributed by atoms with E-state index >= 15 is 0 Å². The molecule has 0 atom stereocenters. The van der Waals surface area contributed by atoms with Gasteiger partial charge in [-0.05, 0) is 31.2 Å². The first-order chi connectivity index (χ1) is 13.1. The molecule has 0 spiro atoms. The Bertz CT molecular complexity index is 850. The van der Waals surface area contributed by atoms with Gasteiger partial charge in [-0.1, -0.05) is 17.8 Å². The Morgan fingerprint density at radius 2 is 1.96 bits per heavy atom. The molecule has 0 radical (unpaired) electrons. The van der Waals surface area contributed by atoms with Crippen LogP contribution in [-0.4, -0.2) is 56.1 Å². The number of carbonyl (C=O) groups excluding carboxylic acids is 1. The number of benzene rings is 1. The van der Waals surface area contributed by atoms with Crippen molar-refractivity contribution in [1.29, 1.82) is 0 Å². The zero-order valence-corrected chi connectivity index (χ0v) is 16.5. The second-order valence-electron chi connectivity index (χ2n) is 6.95. The summed E-state index contributed by atoms with van der Waals surface area (Å²) in [6.45, 7) is 4.04. The third-order valence-corrected chi connectivity index (χ3v) is 6.01. The molecule has 27 heavy (non-hydrogen) atoms. The van der Waals surface area contributed by atoms with Crippen LogP contribution in [0.4, 0.5) is 11.4 Å². The van der Waals surface area contributed by atoms with E-state index in [1.165, 1.54) is 5.56 Å². The Kier molecular flexibility index (Phi) is 5.22. The van der Waals surface area contributed by atoms with Crippen LogP contribution in [0.2, 0.25) is 0 Å². The zero-order chi connectivity index (χ0) is 18.8. The van der Waals surface area contributed by atoms with Gasteiger partial charge in [0.2, 0.25) is 5.91 Å². The molecule has 0 unspecified atom stereocenters. The van der Waals surface area contributed by atoms with Crippen LogP contribution in [-0.2, 0) is 11.2 Å². The van der Waals surface area contributed by atoms with Crippen molar-refractivity contribution in [3.05, 3.63) is 36.0 Å². The molecule has 1 aromatic carbocycles. The van der Waals surface area contributed by atoms with Crippen LogP contribution in [0.1, 0.15) is 12.0 Å². The highest BCUT2D eigenvalue weighted by atomic mass is 32.2. The number of aromatic nitrogens is 1. The Hall–Kier alpha value is -2.25. The third kappa shape index (κ3) is 4.04. The topological polar surface area (TPSA) is 57.7 Å². The van der Waals surface area contributed by atoms with E-state index in [4.69, 9.17) is 4.74 Å². The zero-order valence-electron chi connectivity index (χ0n) is 15.7. The van der Waals surface area contributed by atoms with Gasteiger partial charge < -0.3 is 19.9 Å². The average molecular weight is 385 g/mol. The summed E-state index contributed by atoms with van der Waals surface area (Å²) in [5.74, 6) is 0.935. The van der Waals surface area contributed by atoms with Gasteiger partial charge in [-0.15, -0.1) is 0 Å². The maximum Gasteiger partial charge on any atom is 0.224 e. The monoisotopic (exact) mass is 384 g/mol. The summed E-state index contributed by atoms with van der Waals surface area (Å²) in [5, 5.41) is 3.84. The standard InChI is InChI=1S/C20H24N4O2S/c1-23-7-9-24(10-8-23)17-13-21-20(12-18(17)26-2)27-15-5-3-14-4-6-19(25)22-16(14)11-15/h3,5,11-13H,4,6-10H2,1-2H3,(H,22,25). The second kappa shape index (κ2) is 7.78. The second-order valence-corrected chi connectivity index (χ2v) is 8.05. The number of methoxy groups -OCH3 is 1. The van der Waals surface area contributed by atoms with Gasteiger partial charge in [-0.2, -0.15) is 0 Å². The summed E-state index contributed by atoms with van der Waals surface area (Å²) >= 11 is 1.58. The van der Waals surface area contributed by atoms with E-state index in [1.54, 1.807) is 18.9 Å². The number of carbonyl (C=O) groups is 1. The van der Waals surface area contributed by atoms with Crippen molar-refractivity contribution in [1.82, 2.24) is 9.88 Å². The fourth-order valence-electron chi connectivity index (χ4n) is 3.45. The maximum absolute atomic E-state index is 11.6. The van der Waals surface area contributed by atoms with Crippen molar-refractivity contribution in [2.24, 2.45) is 0 Å². The fourth-order valence-corrected chi connectivity index (χ4v) is 4.28. The highest BCUT2D eigenvalue weighted by Gasteiger charge is 2.19. The summed E-state index contributed by atoms with van der Waals surface area (Å²) in [7, 11) is 3.85. The molecule has 142 valence electrons. The van der Waals surface area contributed by atoms with Gasteiger partial charge in [0.1, 0.15) is 10.8 Å². The predicted octanol–water partition coefficient (Wildman–Crippen LogP) is 2.88. The number of piperazine rings is 1. The van der Waals surface area contributed by atoms with Gasteiger partial charge in [-0.25, -0.2) is 4.98 Å². The molecule has 1 fully saturated rings. The van der Waals surface area contributed by atoms with E-state index in [-0.39, 0.29) is 5.91 Å². The number of pyridine rings is 1.